The Morgan fingerprint density at radius 2 is 1.38 bits per heavy atom. The van der Waals surface area contributed by atoms with Crippen LogP contribution in [-0.4, -0.2) is 27.8 Å². The van der Waals surface area contributed by atoms with Crippen LogP contribution in [0.25, 0.3) is 11.3 Å². The Hall–Kier alpha value is -4.41. The Morgan fingerprint density at radius 1 is 0.821 bits per heavy atom. The number of halogens is 6. The molecule has 39 heavy (non-hydrogen) atoms. The van der Waals surface area contributed by atoms with Crippen LogP contribution in [0, 0.1) is 0 Å². The van der Waals surface area contributed by atoms with Gasteiger partial charge in [-0.15, -0.1) is 0 Å². The van der Waals surface area contributed by atoms with Crippen LogP contribution >= 0.6 is 0 Å². The predicted octanol–water partition coefficient (Wildman–Crippen LogP) is 7.07. The van der Waals surface area contributed by atoms with Crippen molar-refractivity contribution < 1.29 is 31.1 Å². The molecule has 0 bridgehead atoms. The smallest absolute Gasteiger partial charge is 0.350 e. The lowest BCUT2D eigenvalue weighted by Gasteiger charge is -2.21. The van der Waals surface area contributed by atoms with E-state index >= 15 is 0 Å². The molecule has 0 aliphatic carbocycles. The molecule has 0 fully saturated rings. The highest BCUT2D eigenvalue weighted by molar-refractivity contribution is 5.99. The van der Waals surface area contributed by atoms with Crippen LogP contribution < -0.4 is 5.32 Å². The summed E-state index contributed by atoms with van der Waals surface area (Å²) in [7, 11) is 1.28. The Balaban J connectivity index is 1.64. The number of benzene rings is 3. The van der Waals surface area contributed by atoms with E-state index in [1.54, 1.807) is 30.3 Å². The lowest BCUT2D eigenvalue weighted by atomic mass is 10.0. The van der Waals surface area contributed by atoms with Crippen molar-refractivity contribution in [2.45, 2.75) is 25.4 Å². The Morgan fingerprint density at radius 3 is 1.95 bits per heavy atom. The average molecular weight is 544 g/mol. The fraction of sp³-hybridized carbons (Fsp3) is 0.179. The van der Waals surface area contributed by atoms with E-state index in [1.165, 1.54) is 13.2 Å². The van der Waals surface area contributed by atoms with Crippen LogP contribution in [0.5, 0.6) is 0 Å². The molecule has 5 nitrogen and oxygen atoms in total. The van der Waals surface area contributed by atoms with E-state index < -0.39 is 35.9 Å². The average Bonchev–Trinajstić information content (AvgIpc) is 2.91. The quantitative estimate of drug-likeness (QED) is 0.253. The molecule has 1 heterocycles. The van der Waals surface area contributed by atoms with Crippen molar-refractivity contribution in [3.05, 3.63) is 113 Å². The van der Waals surface area contributed by atoms with Gasteiger partial charge in [-0.2, -0.15) is 26.3 Å². The second kappa shape index (κ2) is 11.1. The highest BCUT2D eigenvalue weighted by Crippen LogP contribution is 2.36. The number of carbonyl (C=O) groups excluding carboxylic acids is 1. The van der Waals surface area contributed by atoms with Crippen molar-refractivity contribution in [2.24, 2.45) is 0 Å². The highest BCUT2D eigenvalue weighted by Gasteiger charge is 2.37. The van der Waals surface area contributed by atoms with Crippen LogP contribution in [0.2, 0.25) is 0 Å². The van der Waals surface area contributed by atoms with Gasteiger partial charge in [0.25, 0.3) is 5.91 Å². The predicted molar refractivity (Wildman–Crippen MR) is 133 cm³/mol. The zero-order chi connectivity index (χ0) is 28.2. The maximum Gasteiger partial charge on any atom is 0.416 e. The monoisotopic (exact) mass is 544 g/mol. The number of hydrogen-bond acceptors (Lipinski definition) is 4. The molecule has 0 saturated heterocycles. The summed E-state index contributed by atoms with van der Waals surface area (Å²) in [6.07, 6.45) is -8.69. The van der Waals surface area contributed by atoms with Gasteiger partial charge < -0.3 is 10.2 Å². The summed E-state index contributed by atoms with van der Waals surface area (Å²) in [6, 6.07) is 19.4. The van der Waals surface area contributed by atoms with Crippen molar-refractivity contribution >= 4 is 11.9 Å². The first-order chi connectivity index (χ1) is 18.4. The molecule has 0 spiro atoms. The van der Waals surface area contributed by atoms with Gasteiger partial charge in [-0.1, -0.05) is 60.7 Å². The van der Waals surface area contributed by atoms with Gasteiger partial charge in [0, 0.05) is 31.9 Å². The first kappa shape index (κ1) is 27.6. The summed E-state index contributed by atoms with van der Waals surface area (Å²) in [5.74, 6) is -0.431. The molecular formula is C28H22F6N4O. The topological polar surface area (TPSA) is 58.1 Å². The van der Waals surface area contributed by atoms with Crippen molar-refractivity contribution in [2.75, 3.05) is 12.4 Å². The van der Waals surface area contributed by atoms with Gasteiger partial charge in [0.15, 0.2) is 0 Å². The first-order valence-electron chi connectivity index (χ1n) is 11.7. The Bertz CT molecular complexity index is 1410. The van der Waals surface area contributed by atoms with Gasteiger partial charge in [-0.3, -0.25) is 4.79 Å². The van der Waals surface area contributed by atoms with Gasteiger partial charge >= 0.3 is 12.4 Å². The largest absolute Gasteiger partial charge is 0.416 e. The standard InChI is InChI=1S/C28H22F6N4O/c1-38(17-19-12-21(27(29,30)31)14-22(13-19)28(32,33)34)25(39)23-16-36-26(35-15-18-8-4-2-5-9-18)37-24(23)20-10-6-3-7-11-20/h2-14,16H,15,17H2,1H3,(H,35,36,37). The van der Waals surface area contributed by atoms with E-state index in [0.29, 0.717) is 24.2 Å². The molecule has 0 radical (unpaired) electrons. The van der Waals surface area contributed by atoms with Crippen molar-refractivity contribution in [1.29, 1.82) is 0 Å². The summed E-state index contributed by atoms with van der Waals surface area (Å²) < 4.78 is 79.7. The minimum absolute atomic E-state index is 0.0389. The summed E-state index contributed by atoms with van der Waals surface area (Å²) in [5, 5.41) is 3.09. The van der Waals surface area contributed by atoms with Crippen LogP contribution in [0.1, 0.15) is 32.6 Å². The van der Waals surface area contributed by atoms with Gasteiger partial charge in [0.1, 0.15) is 0 Å². The number of nitrogens with one attached hydrogen (secondary N) is 1. The SMILES string of the molecule is CN(Cc1cc(C(F)(F)F)cc(C(F)(F)F)c1)C(=O)c1cnc(NCc2ccccc2)nc1-c1ccccc1. The molecule has 4 aromatic rings. The van der Waals surface area contributed by atoms with E-state index in [1.807, 2.05) is 30.3 Å². The van der Waals surface area contributed by atoms with E-state index in [9.17, 15) is 31.1 Å². The fourth-order valence-electron chi connectivity index (χ4n) is 3.88. The van der Waals surface area contributed by atoms with Crippen molar-refractivity contribution in [3.63, 3.8) is 0 Å². The molecule has 1 amide bonds. The number of alkyl halides is 6. The van der Waals surface area contributed by atoms with Crippen LogP contribution in [0.15, 0.2) is 85.1 Å². The normalized spacial score (nSPS) is 11.8. The van der Waals surface area contributed by atoms with Crippen LogP contribution in [0.3, 0.4) is 0 Å². The van der Waals surface area contributed by atoms with Crippen LogP contribution in [-0.2, 0) is 25.4 Å². The minimum Gasteiger partial charge on any atom is -0.350 e. The Kier molecular flexibility index (Phi) is 7.89. The van der Waals surface area contributed by atoms with Crippen molar-refractivity contribution in [1.82, 2.24) is 14.9 Å². The highest BCUT2D eigenvalue weighted by atomic mass is 19.4. The maximum absolute atomic E-state index is 13.4. The van der Waals surface area contributed by atoms with E-state index in [0.717, 1.165) is 10.5 Å². The second-order valence-corrected chi connectivity index (χ2v) is 8.74. The minimum atomic E-state index is -4.99. The summed E-state index contributed by atoms with van der Waals surface area (Å²) in [6.45, 7) is -0.0899. The number of hydrogen-bond donors (Lipinski definition) is 1. The zero-order valence-electron chi connectivity index (χ0n) is 20.5. The fourth-order valence-corrected chi connectivity index (χ4v) is 3.88. The van der Waals surface area contributed by atoms with Gasteiger partial charge in [0.05, 0.1) is 22.4 Å². The number of amides is 1. The van der Waals surface area contributed by atoms with E-state index in [2.05, 4.69) is 15.3 Å². The molecule has 0 aliphatic heterocycles. The molecule has 4 rings (SSSR count). The molecule has 11 heteroatoms. The molecule has 3 aromatic carbocycles. The van der Waals surface area contributed by atoms with Gasteiger partial charge in [-0.25, -0.2) is 9.97 Å². The number of anilines is 1. The van der Waals surface area contributed by atoms with Crippen LogP contribution in [0.4, 0.5) is 32.3 Å². The third-order valence-corrected chi connectivity index (χ3v) is 5.77. The number of aromatic nitrogens is 2. The lowest BCUT2D eigenvalue weighted by Crippen LogP contribution is -2.28. The summed E-state index contributed by atoms with van der Waals surface area (Å²) in [4.78, 5) is 23.1. The Labute approximate surface area is 220 Å². The molecule has 1 aromatic heterocycles. The van der Waals surface area contributed by atoms with Gasteiger partial charge in [0.2, 0.25) is 5.95 Å². The van der Waals surface area contributed by atoms with E-state index in [4.69, 9.17) is 0 Å². The van der Waals surface area contributed by atoms with Gasteiger partial charge in [-0.05, 0) is 29.3 Å². The maximum atomic E-state index is 13.4. The molecule has 1 N–H and O–H groups in total. The molecule has 0 atom stereocenters. The third kappa shape index (κ3) is 6.92. The molecule has 0 aliphatic rings. The lowest BCUT2D eigenvalue weighted by molar-refractivity contribution is -0.143. The third-order valence-electron chi connectivity index (χ3n) is 5.77. The zero-order valence-corrected chi connectivity index (χ0v) is 20.5. The molecular weight excluding hydrogens is 522 g/mol. The first-order valence-corrected chi connectivity index (χ1v) is 11.7. The molecule has 202 valence electrons. The van der Waals surface area contributed by atoms with Crippen molar-refractivity contribution in [3.8, 4) is 11.3 Å². The molecule has 0 saturated carbocycles. The number of rotatable bonds is 7. The number of carbonyl (C=O) groups is 1. The second-order valence-electron chi connectivity index (χ2n) is 8.74. The van der Waals surface area contributed by atoms with E-state index in [-0.39, 0.29) is 28.8 Å². The molecule has 0 unspecified atom stereocenters. The number of nitrogens with zero attached hydrogens (tertiary/aromatic N) is 3. The summed E-state index contributed by atoms with van der Waals surface area (Å²) >= 11 is 0. The summed E-state index contributed by atoms with van der Waals surface area (Å²) in [5.41, 5.74) is -1.36.